The van der Waals surface area contributed by atoms with Crippen molar-refractivity contribution in [3.8, 4) is 0 Å². The van der Waals surface area contributed by atoms with Crippen LogP contribution < -0.4 is 5.32 Å². The highest BCUT2D eigenvalue weighted by Crippen LogP contribution is 2.44. The van der Waals surface area contributed by atoms with Gasteiger partial charge in [0.05, 0.1) is 30.2 Å². The van der Waals surface area contributed by atoms with Gasteiger partial charge in [0.1, 0.15) is 11.9 Å². The van der Waals surface area contributed by atoms with Crippen molar-refractivity contribution >= 4 is 29.1 Å². The number of thiazole rings is 1. The summed E-state index contributed by atoms with van der Waals surface area (Å²) >= 11 is 1.32. The summed E-state index contributed by atoms with van der Waals surface area (Å²) in [6, 6.07) is 1.86. The number of halogens is 3. The Kier molecular flexibility index (Phi) is 8.20. The number of carbonyl (C=O) groups is 2. The van der Waals surface area contributed by atoms with Gasteiger partial charge in [0.25, 0.3) is 5.92 Å². The number of carboxylic acids is 1. The number of hydrogen-bond acceptors (Lipinski definition) is 9. The minimum Gasteiger partial charge on any atom is -0.481 e. The molecule has 9 nitrogen and oxygen atoms in total. The number of carbonyl (C=O) groups excluding carboxylic acids is 1. The third-order valence-corrected chi connectivity index (χ3v) is 8.96. The first kappa shape index (κ1) is 30.2. The number of aromatic nitrogens is 1. The summed E-state index contributed by atoms with van der Waals surface area (Å²) < 4.78 is 51.3. The van der Waals surface area contributed by atoms with Crippen LogP contribution in [0.3, 0.4) is 0 Å². The van der Waals surface area contributed by atoms with Gasteiger partial charge in [-0.3, -0.25) is 19.6 Å². The molecular weight excluding hydrogens is 571 g/mol. The average Bonchev–Trinajstić information content (AvgIpc) is 3.65. The Hall–Kier alpha value is -3.29. The highest BCUT2D eigenvalue weighted by Gasteiger charge is 2.60. The van der Waals surface area contributed by atoms with E-state index in [4.69, 9.17) is 9.73 Å². The van der Waals surface area contributed by atoms with Crippen molar-refractivity contribution < 1.29 is 32.6 Å². The number of amidine groups is 1. The van der Waals surface area contributed by atoms with Gasteiger partial charge in [-0.25, -0.2) is 22.9 Å². The van der Waals surface area contributed by atoms with Crippen LogP contribution >= 0.6 is 11.3 Å². The van der Waals surface area contributed by atoms with E-state index >= 15 is 8.78 Å². The van der Waals surface area contributed by atoms with Crippen molar-refractivity contribution in [1.82, 2.24) is 20.1 Å². The molecule has 3 aliphatic heterocycles. The van der Waals surface area contributed by atoms with Gasteiger partial charge in [0, 0.05) is 43.0 Å². The van der Waals surface area contributed by atoms with E-state index in [-0.39, 0.29) is 25.3 Å². The molecule has 226 valence electrons. The largest absolute Gasteiger partial charge is 0.481 e. The normalized spacial score (nSPS) is 24.4. The maximum atomic E-state index is 15.6. The third-order valence-electron chi connectivity index (χ3n) is 8.18. The molecule has 0 saturated carbocycles. The first-order valence-electron chi connectivity index (χ1n) is 13.8. The molecule has 2 saturated heterocycles. The quantitative estimate of drug-likeness (QED) is 0.413. The summed E-state index contributed by atoms with van der Waals surface area (Å²) in [6.45, 7) is 6.11. The lowest BCUT2D eigenvalue weighted by atomic mass is 9.92. The molecule has 2 aromatic rings. The van der Waals surface area contributed by atoms with E-state index in [1.807, 2.05) is 0 Å². The fourth-order valence-electron chi connectivity index (χ4n) is 6.14. The number of rotatable bonds is 9. The smallest absolute Gasteiger partial charge is 0.338 e. The highest BCUT2D eigenvalue weighted by molar-refractivity contribution is 7.11. The summed E-state index contributed by atoms with van der Waals surface area (Å²) in [5.74, 6) is -4.94. The Morgan fingerprint density at radius 3 is 2.71 bits per heavy atom. The minimum absolute atomic E-state index is 0.0102. The molecule has 0 spiro atoms. The lowest BCUT2D eigenvalue weighted by Crippen LogP contribution is -2.49. The van der Waals surface area contributed by atoms with E-state index < -0.39 is 53.8 Å². The number of aliphatic imine (C=N–C) groups is 1. The number of hydrogen-bond donors (Lipinski definition) is 2. The molecule has 13 heteroatoms. The second kappa shape index (κ2) is 11.4. The Morgan fingerprint density at radius 2 is 2.05 bits per heavy atom. The molecule has 5 rings (SSSR count). The molecular formula is C29H34F3N5O4S. The Bertz CT molecular complexity index is 1430. The summed E-state index contributed by atoms with van der Waals surface area (Å²) in [5.41, 5.74) is 0.0344. The first-order valence-corrected chi connectivity index (χ1v) is 14.7. The topological polar surface area (TPSA) is 107 Å². The Labute approximate surface area is 246 Å². The van der Waals surface area contributed by atoms with Crippen LogP contribution in [-0.2, 0) is 14.3 Å². The van der Waals surface area contributed by atoms with Gasteiger partial charge >= 0.3 is 11.9 Å². The molecule has 0 amide bonds. The standard InChI is InChI=1S/C29H34F3N5O4S/c1-5-41-26(38)21-19(13-37-15-29(31,32)23-20(37)9-11-36(23)14-28(3,4)27(39)40)34-24(25-33-10-12-42-25)35-22(21)17-7-6-8-18(30)16(17)2/h6-8,10,12,20,22-23H,5,9,11,13-15H2,1-4H3,(H,34,35)(H,39,40)/t20-,22-,23?/m0/s1. The molecule has 42 heavy (non-hydrogen) atoms. The second-order valence-electron chi connectivity index (χ2n) is 11.5. The van der Waals surface area contributed by atoms with E-state index in [1.54, 1.807) is 41.3 Å². The van der Waals surface area contributed by atoms with Crippen LogP contribution in [0.5, 0.6) is 0 Å². The van der Waals surface area contributed by atoms with Gasteiger partial charge in [-0.1, -0.05) is 12.1 Å². The molecule has 1 aromatic carbocycles. The molecule has 0 bridgehead atoms. The van der Waals surface area contributed by atoms with Gasteiger partial charge in [0.15, 0.2) is 10.8 Å². The zero-order chi connectivity index (χ0) is 30.4. The second-order valence-corrected chi connectivity index (χ2v) is 12.4. The van der Waals surface area contributed by atoms with Crippen molar-refractivity contribution in [2.45, 2.75) is 58.2 Å². The van der Waals surface area contributed by atoms with Gasteiger partial charge < -0.3 is 15.2 Å². The molecule has 0 aliphatic carbocycles. The zero-order valence-electron chi connectivity index (χ0n) is 23.9. The zero-order valence-corrected chi connectivity index (χ0v) is 24.7. The molecule has 2 fully saturated rings. The number of nitrogens with one attached hydrogen (secondary N) is 1. The first-order chi connectivity index (χ1) is 19.8. The maximum Gasteiger partial charge on any atom is 0.338 e. The third kappa shape index (κ3) is 5.57. The van der Waals surface area contributed by atoms with Crippen LogP contribution in [0.15, 0.2) is 46.0 Å². The number of alkyl halides is 2. The fourth-order valence-corrected chi connectivity index (χ4v) is 6.73. The van der Waals surface area contributed by atoms with E-state index in [0.717, 1.165) is 0 Å². The van der Waals surface area contributed by atoms with Crippen LogP contribution in [0.4, 0.5) is 13.2 Å². The number of esters is 1. The van der Waals surface area contributed by atoms with Crippen molar-refractivity contribution in [3.05, 3.63) is 63.0 Å². The fraction of sp³-hybridized carbons (Fsp3) is 0.517. The van der Waals surface area contributed by atoms with Crippen molar-refractivity contribution in [1.29, 1.82) is 0 Å². The molecule has 0 radical (unpaired) electrons. The van der Waals surface area contributed by atoms with Crippen LogP contribution in [0, 0.1) is 18.2 Å². The van der Waals surface area contributed by atoms with Gasteiger partial charge in [-0.2, -0.15) is 0 Å². The van der Waals surface area contributed by atoms with Crippen molar-refractivity contribution in [2.75, 3.05) is 32.8 Å². The van der Waals surface area contributed by atoms with E-state index in [1.165, 1.54) is 37.3 Å². The summed E-state index contributed by atoms with van der Waals surface area (Å²) in [4.78, 5) is 37.5. The van der Waals surface area contributed by atoms with Gasteiger partial charge in [0.2, 0.25) is 0 Å². The lowest BCUT2D eigenvalue weighted by molar-refractivity contribution is -0.149. The van der Waals surface area contributed by atoms with Crippen molar-refractivity contribution in [2.24, 2.45) is 10.4 Å². The molecule has 4 heterocycles. The van der Waals surface area contributed by atoms with E-state index in [9.17, 15) is 19.1 Å². The summed E-state index contributed by atoms with van der Waals surface area (Å²) in [6.07, 6.45) is 2.02. The predicted molar refractivity (Wildman–Crippen MR) is 151 cm³/mol. The lowest BCUT2D eigenvalue weighted by Gasteiger charge is -2.33. The average molecular weight is 606 g/mol. The molecule has 3 atom stereocenters. The molecule has 3 aliphatic rings. The van der Waals surface area contributed by atoms with Crippen LogP contribution in [0.25, 0.3) is 0 Å². The van der Waals surface area contributed by atoms with Crippen LogP contribution in [0.1, 0.15) is 49.4 Å². The van der Waals surface area contributed by atoms with Gasteiger partial charge in [-0.15, -0.1) is 11.3 Å². The number of likely N-dealkylation sites (tertiary alicyclic amines) is 2. The predicted octanol–water partition coefficient (Wildman–Crippen LogP) is 4.00. The van der Waals surface area contributed by atoms with Crippen molar-refractivity contribution in [3.63, 3.8) is 0 Å². The molecule has 1 unspecified atom stereocenters. The number of benzene rings is 1. The number of carboxylic acid groups (broad SMARTS) is 1. The van der Waals surface area contributed by atoms with Crippen LogP contribution in [-0.4, -0.2) is 88.5 Å². The number of nitrogens with zero attached hydrogens (tertiary/aromatic N) is 4. The number of fused-ring (bicyclic) bond motifs is 1. The summed E-state index contributed by atoms with van der Waals surface area (Å²) in [5, 5.41) is 15.1. The SMILES string of the molecule is CCOC(=O)C1=C(CN2CC(F)(F)C3[C@@H]2CCN3CC(C)(C)C(=O)O)NC(c2nccs2)=N[C@H]1c1cccc(F)c1C. The van der Waals surface area contributed by atoms with E-state index in [0.29, 0.717) is 40.6 Å². The number of aliphatic carboxylic acids is 1. The molecule has 2 N–H and O–H groups in total. The Morgan fingerprint density at radius 1 is 1.29 bits per heavy atom. The Balaban J connectivity index is 1.55. The monoisotopic (exact) mass is 605 g/mol. The molecule has 1 aromatic heterocycles. The van der Waals surface area contributed by atoms with E-state index in [2.05, 4.69) is 10.3 Å². The number of ether oxygens (including phenoxy) is 1. The highest BCUT2D eigenvalue weighted by atomic mass is 32.1. The van der Waals surface area contributed by atoms with Gasteiger partial charge in [-0.05, 0) is 51.3 Å². The minimum atomic E-state index is -3.11. The van der Waals surface area contributed by atoms with Crippen LogP contribution in [0.2, 0.25) is 0 Å². The summed E-state index contributed by atoms with van der Waals surface area (Å²) in [7, 11) is 0. The maximum absolute atomic E-state index is 15.6.